The zero-order valence-electron chi connectivity index (χ0n) is 11.9. The summed E-state index contributed by atoms with van der Waals surface area (Å²) in [4.78, 5) is 13.8. The fourth-order valence-corrected chi connectivity index (χ4v) is 2.96. The molecule has 0 aromatic carbocycles. The van der Waals surface area contributed by atoms with Crippen molar-refractivity contribution in [3.8, 4) is 0 Å². The Bertz CT molecular complexity index is 285. The summed E-state index contributed by atoms with van der Waals surface area (Å²) in [6.07, 6.45) is 3.42. The topological polar surface area (TPSA) is 41.6 Å². The summed E-state index contributed by atoms with van der Waals surface area (Å²) in [5.74, 6) is 1.62. The number of carbonyl (C=O) groups is 1. The maximum Gasteiger partial charge on any atom is 0.410 e. The summed E-state index contributed by atoms with van der Waals surface area (Å²) in [6, 6.07) is 0. The second kappa shape index (κ2) is 5.47. The Morgan fingerprint density at radius 1 is 1.17 bits per heavy atom. The fourth-order valence-electron chi connectivity index (χ4n) is 2.96. The summed E-state index contributed by atoms with van der Waals surface area (Å²) in [7, 11) is 0. The fraction of sp³-hybridized carbons (Fsp3) is 0.929. The molecular weight excluding hydrogens is 228 g/mol. The molecule has 0 spiro atoms. The number of nitrogens with zero attached hydrogens (tertiary/aromatic N) is 1. The Morgan fingerprint density at radius 3 is 2.33 bits per heavy atom. The van der Waals surface area contributed by atoms with Crippen molar-refractivity contribution in [3.05, 3.63) is 0 Å². The third kappa shape index (κ3) is 3.61. The lowest BCUT2D eigenvalue weighted by Crippen LogP contribution is -2.43. The Kier molecular flexibility index (Phi) is 4.15. The molecule has 0 aliphatic carbocycles. The van der Waals surface area contributed by atoms with Crippen LogP contribution >= 0.6 is 0 Å². The van der Waals surface area contributed by atoms with Gasteiger partial charge < -0.3 is 15.0 Å². The smallest absolute Gasteiger partial charge is 0.410 e. The highest BCUT2D eigenvalue weighted by Crippen LogP contribution is 2.29. The number of rotatable bonds is 1. The van der Waals surface area contributed by atoms with Crippen LogP contribution < -0.4 is 5.32 Å². The molecule has 4 heteroatoms. The third-order valence-corrected chi connectivity index (χ3v) is 3.96. The molecule has 1 unspecified atom stereocenters. The van der Waals surface area contributed by atoms with Gasteiger partial charge in [0.1, 0.15) is 5.60 Å². The van der Waals surface area contributed by atoms with Crippen molar-refractivity contribution in [3.63, 3.8) is 0 Å². The van der Waals surface area contributed by atoms with Crippen LogP contribution in [0.1, 0.15) is 40.0 Å². The second-order valence-electron chi connectivity index (χ2n) is 6.56. The first-order valence-electron chi connectivity index (χ1n) is 7.14. The predicted molar refractivity (Wildman–Crippen MR) is 71.5 cm³/mol. The van der Waals surface area contributed by atoms with Gasteiger partial charge in [0.25, 0.3) is 0 Å². The molecule has 0 bridgehead atoms. The van der Waals surface area contributed by atoms with E-state index in [4.69, 9.17) is 4.74 Å². The Balaban J connectivity index is 1.77. The molecular formula is C14H26N2O2. The number of piperidine rings is 1. The molecule has 0 aromatic heterocycles. The first kappa shape index (κ1) is 13.7. The first-order valence-corrected chi connectivity index (χ1v) is 7.14. The monoisotopic (exact) mass is 254 g/mol. The molecule has 2 aliphatic rings. The summed E-state index contributed by atoms with van der Waals surface area (Å²) in [6.45, 7) is 9.80. The largest absolute Gasteiger partial charge is 0.444 e. The zero-order valence-corrected chi connectivity index (χ0v) is 11.9. The first-order chi connectivity index (χ1) is 8.46. The van der Waals surface area contributed by atoms with Gasteiger partial charge in [-0.05, 0) is 65.0 Å². The molecule has 2 aliphatic heterocycles. The van der Waals surface area contributed by atoms with Crippen LogP contribution in [0, 0.1) is 11.8 Å². The molecule has 0 radical (unpaired) electrons. The molecule has 4 nitrogen and oxygen atoms in total. The zero-order chi connectivity index (χ0) is 13.2. The SMILES string of the molecule is CC(C)(C)OC(=O)N1CCC(C2CCNC2)CC1. The molecule has 1 N–H and O–H groups in total. The molecule has 2 fully saturated rings. The van der Waals surface area contributed by atoms with Crippen molar-refractivity contribution in [1.29, 1.82) is 0 Å². The lowest BCUT2D eigenvalue weighted by Gasteiger charge is -2.35. The van der Waals surface area contributed by atoms with Crippen molar-refractivity contribution in [2.45, 2.75) is 45.6 Å². The minimum atomic E-state index is -0.386. The van der Waals surface area contributed by atoms with Crippen molar-refractivity contribution in [2.75, 3.05) is 26.2 Å². The van der Waals surface area contributed by atoms with Crippen molar-refractivity contribution in [1.82, 2.24) is 10.2 Å². The van der Waals surface area contributed by atoms with E-state index in [1.54, 1.807) is 0 Å². The van der Waals surface area contributed by atoms with Gasteiger partial charge in [-0.3, -0.25) is 0 Å². The lowest BCUT2D eigenvalue weighted by molar-refractivity contribution is 0.0163. The average molecular weight is 254 g/mol. The van der Waals surface area contributed by atoms with E-state index in [2.05, 4.69) is 5.32 Å². The summed E-state index contributed by atoms with van der Waals surface area (Å²) >= 11 is 0. The molecule has 2 heterocycles. The number of carbonyl (C=O) groups excluding carboxylic acids is 1. The van der Waals surface area contributed by atoms with Crippen LogP contribution in [0.5, 0.6) is 0 Å². The highest BCUT2D eigenvalue weighted by Gasteiger charge is 2.31. The third-order valence-electron chi connectivity index (χ3n) is 3.96. The van der Waals surface area contributed by atoms with E-state index in [9.17, 15) is 4.79 Å². The van der Waals surface area contributed by atoms with Crippen molar-refractivity contribution >= 4 is 6.09 Å². The van der Waals surface area contributed by atoms with Gasteiger partial charge in [-0.25, -0.2) is 4.79 Å². The summed E-state index contributed by atoms with van der Waals surface area (Å²) in [5, 5.41) is 3.43. The van der Waals surface area contributed by atoms with Crippen LogP contribution in [-0.2, 0) is 4.74 Å². The van der Waals surface area contributed by atoms with Crippen LogP contribution in [0.4, 0.5) is 4.79 Å². The van der Waals surface area contributed by atoms with Crippen molar-refractivity contribution in [2.24, 2.45) is 11.8 Å². The molecule has 0 aromatic rings. The van der Waals surface area contributed by atoms with E-state index in [-0.39, 0.29) is 11.7 Å². The Morgan fingerprint density at radius 2 is 1.83 bits per heavy atom. The Labute approximate surface area is 110 Å². The number of amides is 1. The van der Waals surface area contributed by atoms with Crippen molar-refractivity contribution < 1.29 is 9.53 Å². The summed E-state index contributed by atoms with van der Waals surface area (Å²) < 4.78 is 5.41. The van der Waals surface area contributed by atoms with Crippen LogP contribution in [0.2, 0.25) is 0 Å². The number of nitrogens with one attached hydrogen (secondary N) is 1. The van der Waals surface area contributed by atoms with Gasteiger partial charge in [-0.1, -0.05) is 0 Å². The van der Waals surface area contributed by atoms with E-state index in [1.807, 2.05) is 25.7 Å². The van der Waals surface area contributed by atoms with Gasteiger partial charge in [0.15, 0.2) is 0 Å². The maximum atomic E-state index is 11.9. The van der Waals surface area contributed by atoms with Crippen LogP contribution in [0.3, 0.4) is 0 Å². The highest BCUT2D eigenvalue weighted by molar-refractivity contribution is 5.68. The number of hydrogen-bond acceptors (Lipinski definition) is 3. The standard InChI is InChI=1S/C14H26N2O2/c1-14(2,3)18-13(17)16-8-5-11(6-9-16)12-4-7-15-10-12/h11-12,15H,4-10H2,1-3H3. The molecule has 0 saturated carbocycles. The average Bonchev–Trinajstić information content (AvgIpc) is 2.80. The van der Waals surface area contributed by atoms with Crippen LogP contribution in [0.25, 0.3) is 0 Å². The van der Waals surface area contributed by atoms with Gasteiger partial charge >= 0.3 is 6.09 Å². The maximum absolute atomic E-state index is 11.9. The molecule has 104 valence electrons. The minimum absolute atomic E-state index is 0.148. The van der Waals surface area contributed by atoms with E-state index in [1.165, 1.54) is 6.42 Å². The van der Waals surface area contributed by atoms with E-state index in [0.29, 0.717) is 0 Å². The summed E-state index contributed by atoms with van der Waals surface area (Å²) in [5.41, 5.74) is -0.386. The Hall–Kier alpha value is -0.770. The highest BCUT2D eigenvalue weighted by atomic mass is 16.6. The van der Waals surface area contributed by atoms with Crippen LogP contribution in [-0.4, -0.2) is 42.8 Å². The van der Waals surface area contributed by atoms with E-state index >= 15 is 0 Å². The second-order valence-corrected chi connectivity index (χ2v) is 6.56. The normalized spacial score (nSPS) is 26.4. The van der Waals surface area contributed by atoms with Gasteiger partial charge in [0.05, 0.1) is 0 Å². The van der Waals surface area contributed by atoms with Gasteiger partial charge in [-0.2, -0.15) is 0 Å². The minimum Gasteiger partial charge on any atom is -0.444 e. The number of likely N-dealkylation sites (tertiary alicyclic amines) is 1. The van der Waals surface area contributed by atoms with Gasteiger partial charge in [0.2, 0.25) is 0 Å². The predicted octanol–water partition coefficient (Wildman–Crippen LogP) is 2.24. The molecule has 2 rings (SSSR count). The molecule has 1 atom stereocenters. The van der Waals surface area contributed by atoms with Gasteiger partial charge in [0, 0.05) is 13.1 Å². The quantitative estimate of drug-likeness (QED) is 0.780. The van der Waals surface area contributed by atoms with Crippen LogP contribution in [0.15, 0.2) is 0 Å². The number of ether oxygens (including phenoxy) is 1. The lowest BCUT2D eigenvalue weighted by atomic mass is 9.84. The van der Waals surface area contributed by atoms with Gasteiger partial charge in [-0.15, -0.1) is 0 Å². The van der Waals surface area contributed by atoms with E-state index < -0.39 is 0 Å². The van der Waals surface area contributed by atoms with E-state index in [0.717, 1.165) is 50.9 Å². The molecule has 1 amide bonds. The number of hydrogen-bond donors (Lipinski definition) is 1. The molecule has 18 heavy (non-hydrogen) atoms. The molecule has 2 saturated heterocycles.